The van der Waals surface area contributed by atoms with E-state index in [1.54, 1.807) is 6.07 Å². The standard InChI is InChI=1S/C17H21N5O4/c1-11-18-19-15-4-5-20(6-7-22(11)15)12-9-21(10-13(12)23)17(25)16(24)14-3-2-8-26-14/h2-3,8,12-13,23H,4-7,9-10H2,1H3/t12-,13-/m1/s1. The molecule has 9 heteroatoms. The number of aromatic nitrogens is 3. The lowest BCUT2D eigenvalue weighted by molar-refractivity contribution is -0.126. The smallest absolute Gasteiger partial charge is 0.298 e. The van der Waals surface area contributed by atoms with E-state index in [2.05, 4.69) is 19.7 Å². The first-order valence-corrected chi connectivity index (χ1v) is 8.72. The fraction of sp³-hybridized carbons (Fsp3) is 0.529. The third kappa shape index (κ3) is 2.93. The Hall–Kier alpha value is -2.52. The number of amides is 1. The molecule has 1 amide bonds. The van der Waals surface area contributed by atoms with Gasteiger partial charge in [-0.2, -0.15) is 0 Å². The number of rotatable bonds is 3. The van der Waals surface area contributed by atoms with E-state index < -0.39 is 17.8 Å². The average molecular weight is 359 g/mol. The Morgan fingerprint density at radius 1 is 1.23 bits per heavy atom. The normalized spacial score (nSPS) is 23.7. The second-order valence-electron chi connectivity index (χ2n) is 6.75. The van der Waals surface area contributed by atoms with E-state index >= 15 is 0 Å². The summed E-state index contributed by atoms with van der Waals surface area (Å²) < 4.78 is 7.10. The zero-order valence-corrected chi connectivity index (χ0v) is 14.5. The van der Waals surface area contributed by atoms with Crippen LogP contribution in [0.25, 0.3) is 0 Å². The molecule has 0 aromatic carbocycles. The highest BCUT2D eigenvalue weighted by Crippen LogP contribution is 2.20. The maximum atomic E-state index is 12.4. The van der Waals surface area contributed by atoms with Crippen molar-refractivity contribution in [3.63, 3.8) is 0 Å². The fourth-order valence-electron chi connectivity index (χ4n) is 3.77. The number of ketones is 1. The summed E-state index contributed by atoms with van der Waals surface area (Å²) in [4.78, 5) is 28.2. The number of aliphatic hydroxyl groups is 1. The number of hydrogen-bond acceptors (Lipinski definition) is 7. The van der Waals surface area contributed by atoms with Gasteiger partial charge in [-0.3, -0.25) is 14.5 Å². The van der Waals surface area contributed by atoms with E-state index in [4.69, 9.17) is 4.42 Å². The first-order valence-electron chi connectivity index (χ1n) is 8.72. The van der Waals surface area contributed by atoms with Crippen molar-refractivity contribution in [3.8, 4) is 0 Å². The van der Waals surface area contributed by atoms with Crippen LogP contribution in [-0.2, 0) is 17.8 Å². The first kappa shape index (κ1) is 16.9. The maximum absolute atomic E-state index is 12.4. The van der Waals surface area contributed by atoms with Crippen molar-refractivity contribution in [2.75, 3.05) is 26.2 Å². The highest BCUT2D eigenvalue weighted by atomic mass is 16.3. The number of β-amino-alcohol motifs (C(OH)–C–C–N with tert-alkyl or cyclic N) is 1. The predicted molar refractivity (Wildman–Crippen MR) is 89.4 cm³/mol. The van der Waals surface area contributed by atoms with Crippen molar-refractivity contribution in [2.24, 2.45) is 0 Å². The molecular formula is C17H21N5O4. The second-order valence-corrected chi connectivity index (χ2v) is 6.75. The summed E-state index contributed by atoms with van der Waals surface area (Å²) in [5.74, 6) is 0.536. The van der Waals surface area contributed by atoms with Crippen LogP contribution >= 0.6 is 0 Å². The third-order valence-electron chi connectivity index (χ3n) is 5.20. The molecule has 0 bridgehead atoms. The molecule has 0 unspecified atom stereocenters. The Balaban J connectivity index is 1.42. The summed E-state index contributed by atoms with van der Waals surface area (Å²) in [6.07, 6.45) is 1.41. The monoisotopic (exact) mass is 359 g/mol. The minimum absolute atomic E-state index is 0.0242. The van der Waals surface area contributed by atoms with Gasteiger partial charge >= 0.3 is 0 Å². The summed E-state index contributed by atoms with van der Waals surface area (Å²) >= 11 is 0. The zero-order chi connectivity index (χ0) is 18.3. The van der Waals surface area contributed by atoms with Crippen LogP contribution in [0.5, 0.6) is 0 Å². The van der Waals surface area contributed by atoms with Gasteiger partial charge in [0.05, 0.1) is 18.4 Å². The first-order chi connectivity index (χ1) is 12.5. The van der Waals surface area contributed by atoms with Crippen LogP contribution in [-0.4, -0.2) is 79.7 Å². The molecule has 4 rings (SSSR count). The topological polar surface area (TPSA) is 105 Å². The predicted octanol–water partition coefficient (Wildman–Crippen LogP) is -0.508. The van der Waals surface area contributed by atoms with E-state index in [-0.39, 0.29) is 18.3 Å². The molecule has 4 heterocycles. The van der Waals surface area contributed by atoms with Gasteiger partial charge in [-0.05, 0) is 19.1 Å². The molecule has 0 aliphatic carbocycles. The van der Waals surface area contributed by atoms with Crippen LogP contribution in [0.3, 0.4) is 0 Å². The van der Waals surface area contributed by atoms with Gasteiger partial charge in [0.25, 0.3) is 11.7 Å². The summed E-state index contributed by atoms with van der Waals surface area (Å²) in [7, 11) is 0. The van der Waals surface area contributed by atoms with Crippen LogP contribution in [0.4, 0.5) is 0 Å². The zero-order valence-electron chi connectivity index (χ0n) is 14.5. The summed E-state index contributed by atoms with van der Waals surface area (Å²) in [5.41, 5.74) is 0. The van der Waals surface area contributed by atoms with E-state index in [1.807, 2.05) is 6.92 Å². The van der Waals surface area contributed by atoms with E-state index in [9.17, 15) is 14.7 Å². The number of Topliss-reactive ketones (excluding diaryl/α,β-unsaturated/α-hetero) is 1. The number of likely N-dealkylation sites (tertiary alicyclic amines) is 1. The number of hydrogen-bond donors (Lipinski definition) is 1. The minimum Gasteiger partial charge on any atom is -0.461 e. The molecule has 2 aliphatic heterocycles. The molecule has 0 radical (unpaired) electrons. The lowest BCUT2D eigenvalue weighted by atomic mass is 10.1. The van der Waals surface area contributed by atoms with Crippen molar-refractivity contribution < 1.29 is 19.1 Å². The van der Waals surface area contributed by atoms with Crippen molar-refractivity contribution in [1.82, 2.24) is 24.6 Å². The third-order valence-corrected chi connectivity index (χ3v) is 5.20. The second kappa shape index (κ2) is 6.65. The van der Waals surface area contributed by atoms with E-state index in [0.29, 0.717) is 6.54 Å². The van der Waals surface area contributed by atoms with Gasteiger partial charge in [0, 0.05) is 39.1 Å². The molecule has 1 saturated heterocycles. The van der Waals surface area contributed by atoms with Gasteiger partial charge < -0.3 is 19.0 Å². The average Bonchev–Trinajstić information content (AvgIpc) is 3.33. The highest BCUT2D eigenvalue weighted by Gasteiger charge is 2.40. The Morgan fingerprint density at radius 2 is 2.08 bits per heavy atom. The lowest BCUT2D eigenvalue weighted by Gasteiger charge is -2.28. The van der Waals surface area contributed by atoms with Gasteiger partial charge in [-0.1, -0.05) is 0 Å². The van der Waals surface area contributed by atoms with E-state index in [0.717, 1.165) is 37.7 Å². The molecule has 2 atom stereocenters. The highest BCUT2D eigenvalue weighted by molar-refractivity contribution is 6.42. The Labute approximate surface area is 150 Å². The molecule has 0 saturated carbocycles. The number of aryl methyl sites for hydroxylation is 1. The number of carbonyl (C=O) groups is 2. The number of aliphatic hydroxyl groups excluding tert-OH is 1. The van der Waals surface area contributed by atoms with Gasteiger partial charge in [-0.15, -0.1) is 10.2 Å². The Bertz CT molecular complexity index is 815. The molecule has 0 spiro atoms. The summed E-state index contributed by atoms with van der Waals surface area (Å²) in [5, 5.41) is 18.8. The van der Waals surface area contributed by atoms with Crippen molar-refractivity contribution in [2.45, 2.75) is 32.0 Å². The quantitative estimate of drug-likeness (QED) is 0.581. The molecule has 138 valence electrons. The van der Waals surface area contributed by atoms with Gasteiger partial charge in [0.1, 0.15) is 11.6 Å². The van der Waals surface area contributed by atoms with Crippen molar-refractivity contribution in [3.05, 3.63) is 35.8 Å². The van der Waals surface area contributed by atoms with Gasteiger partial charge in [-0.25, -0.2) is 0 Å². The maximum Gasteiger partial charge on any atom is 0.298 e. The lowest BCUT2D eigenvalue weighted by Crippen LogP contribution is -2.45. The molecule has 1 fully saturated rings. The molecular weight excluding hydrogens is 338 g/mol. The van der Waals surface area contributed by atoms with Crippen LogP contribution in [0.1, 0.15) is 22.2 Å². The number of nitrogens with zero attached hydrogens (tertiary/aromatic N) is 5. The number of fused-ring (bicyclic) bond motifs is 1. The van der Waals surface area contributed by atoms with Crippen LogP contribution in [0.15, 0.2) is 22.8 Å². The van der Waals surface area contributed by atoms with Gasteiger partial charge in [0.2, 0.25) is 0 Å². The number of carbonyl (C=O) groups excluding carboxylic acids is 2. The SMILES string of the molecule is Cc1nnc2n1CCN([C@@H]1CN(C(=O)C(=O)c3ccco3)C[C@H]1O)CC2. The van der Waals surface area contributed by atoms with Crippen molar-refractivity contribution in [1.29, 1.82) is 0 Å². The van der Waals surface area contributed by atoms with Crippen LogP contribution in [0, 0.1) is 6.92 Å². The molecule has 26 heavy (non-hydrogen) atoms. The van der Waals surface area contributed by atoms with Crippen LogP contribution in [0.2, 0.25) is 0 Å². The largest absolute Gasteiger partial charge is 0.461 e. The Morgan fingerprint density at radius 3 is 2.85 bits per heavy atom. The minimum atomic E-state index is -0.687. The summed E-state index contributed by atoms with van der Waals surface area (Å²) in [6, 6.07) is 2.84. The van der Waals surface area contributed by atoms with Gasteiger partial charge in [0.15, 0.2) is 5.76 Å². The number of furan rings is 1. The fourth-order valence-corrected chi connectivity index (χ4v) is 3.77. The molecule has 9 nitrogen and oxygen atoms in total. The van der Waals surface area contributed by atoms with E-state index in [1.165, 1.54) is 17.2 Å². The molecule has 2 aliphatic rings. The van der Waals surface area contributed by atoms with Crippen LogP contribution < -0.4 is 0 Å². The molecule has 2 aromatic rings. The van der Waals surface area contributed by atoms with Crippen molar-refractivity contribution >= 4 is 11.7 Å². The summed E-state index contributed by atoms with van der Waals surface area (Å²) in [6.45, 7) is 4.62. The Kier molecular flexibility index (Phi) is 4.33. The molecule has 1 N–H and O–H groups in total. The molecule has 2 aromatic heterocycles.